The minimum Gasteiger partial charge on any atom is -0.481 e. The van der Waals surface area contributed by atoms with E-state index in [9.17, 15) is 15.0 Å². The lowest BCUT2D eigenvalue weighted by atomic mass is 9.92. The predicted molar refractivity (Wildman–Crippen MR) is 147 cm³/mol. The molecule has 38 heavy (non-hydrogen) atoms. The molecule has 188 valence electrons. The van der Waals surface area contributed by atoms with Crippen LogP contribution in [0.25, 0.3) is 33.6 Å². The van der Waals surface area contributed by atoms with Crippen LogP contribution < -0.4 is 0 Å². The third kappa shape index (κ3) is 4.21. The number of aliphatic hydroxyl groups excluding tert-OH is 1. The van der Waals surface area contributed by atoms with Crippen LogP contribution in [0.5, 0.6) is 0 Å². The van der Waals surface area contributed by atoms with Crippen LogP contribution in [-0.2, 0) is 10.2 Å². The van der Waals surface area contributed by atoms with E-state index in [0.29, 0.717) is 29.9 Å². The molecule has 1 aliphatic carbocycles. The van der Waals surface area contributed by atoms with E-state index in [4.69, 9.17) is 4.52 Å². The Morgan fingerprint density at radius 1 is 0.789 bits per heavy atom. The molecule has 1 unspecified atom stereocenters. The van der Waals surface area contributed by atoms with E-state index in [1.54, 1.807) is 0 Å². The van der Waals surface area contributed by atoms with Gasteiger partial charge in [-0.2, -0.15) is 0 Å². The Balaban J connectivity index is 1.27. The zero-order chi connectivity index (χ0) is 26.3. The zero-order valence-electron chi connectivity index (χ0n) is 21.0. The van der Waals surface area contributed by atoms with Crippen LogP contribution in [0.2, 0.25) is 0 Å². The molecule has 0 amide bonds. The largest absolute Gasteiger partial charge is 0.481 e. The van der Waals surface area contributed by atoms with E-state index in [1.165, 1.54) is 0 Å². The van der Waals surface area contributed by atoms with Gasteiger partial charge in [0.15, 0.2) is 5.76 Å². The number of aliphatic carboxylic acids is 1. The van der Waals surface area contributed by atoms with Crippen molar-refractivity contribution in [3.63, 3.8) is 0 Å². The SMILES string of the molecule is Cc1noc(-c2ccc(-c3ccc(C4(C(=O)O)CC4)cc3)cc2)c1C(O)c1cccc(-c2ccccc2)c1. The molecule has 1 heterocycles. The van der Waals surface area contributed by atoms with Gasteiger partial charge >= 0.3 is 5.97 Å². The van der Waals surface area contributed by atoms with Crippen molar-refractivity contribution >= 4 is 5.97 Å². The molecule has 4 aromatic carbocycles. The lowest BCUT2D eigenvalue weighted by Gasteiger charge is -2.14. The Labute approximate surface area is 221 Å². The first-order valence-corrected chi connectivity index (χ1v) is 12.7. The van der Waals surface area contributed by atoms with Crippen molar-refractivity contribution in [3.8, 4) is 33.6 Å². The maximum atomic E-state index is 11.6. The Morgan fingerprint density at radius 3 is 2.00 bits per heavy atom. The van der Waals surface area contributed by atoms with Crippen molar-refractivity contribution in [1.29, 1.82) is 0 Å². The van der Waals surface area contributed by atoms with Gasteiger partial charge in [-0.3, -0.25) is 4.79 Å². The lowest BCUT2D eigenvalue weighted by Crippen LogP contribution is -2.19. The molecule has 5 nitrogen and oxygen atoms in total. The lowest BCUT2D eigenvalue weighted by molar-refractivity contribution is -0.140. The highest BCUT2D eigenvalue weighted by molar-refractivity contribution is 5.85. The fourth-order valence-corrected chi connectivity index (χ4v) is 5.14. The highest BCUT2D eigenvalue weighted by Crippen LogP contribution is 2.48. The van der Waals surface area contributed by atoms with Gasteiger partial charge in [0, 0.05) is 5.56 Å². The molecule has 1 aromatic heterocycles. The van der Waals surface area contributed by atoms with E-state index < -0.39 is 17.5 Å². The van der Waals surface area contributed by atoms with Crippen molar-refractivity contribution < 1.29 is 19.5 Å². The highest BCUT2D eigenvalue weighted by Gasteiger charge is 2.51. The van der Waals surface area contributed by atoms with Crippen molar-refractivity contribution in [2.24, 2.45) is 0 Å². The van der Waals surface area contributed by atoms with Crippen LogP contribution in [-0.4, -0.2) is 21.3 Å². The quantitative estimate of drug-likeness (QED) is 0.247. The second-order valence-corrected chi connectivity index (χ2v) is 9.95. The number of carboxylic acid groups (broad SMARTS) is 1. The van der Waals surface area contributed by atoms with Gasteiger partial charge in [-0.25, -0.2) is 0 Å². The van der Waals surface area contributed by atoms with Crippen LogP contribution in [0.3, 0.4) is 0 Å². The van der Waals surface area contributed by atoms with Crippen molar-refractivity contribution in [2.45, 2.75) is 31.3 Å². The first-order valence-electron chi connectivity index (χ1n) is 12.7. The fraction of sp³-hybridized carbons (Fsp3) is 0.152. The number of hydrogen-bond acceptors (Lipinski definition) is 4. The number of benzene rings is 4. The maximum absolute atomic E-state index is 11.6. The molecule has 6 rings (SSSR count). The minimum absolute atomic E-state index is 0.541. The molecular weight excluding hydrogens is 474 g/mol. The third-order valence-corrected chi connectivity index (χ3v) is 7.57. The van der Waals surface area contributed by atoms with E-state index in [1.807, 2.05) is 110 Å². The van der Waals surface area contributed by atoms with Crippen molar-refractivity contribution in [3.05, 3.63) is 126 Å². The summed E-state index contributed by atoms with van der Waals surface area (Å²) in [5.41, 5.74) is 7.17. The van der Waals surface area contributed by atoms with Gasteiger partial charge in [0.25, 0.3) is 0 Å². The molecule has 0 saturated heterocycles. The van der Waals surface area contributed by atoms with Gasteiger partial charge < -0.3 is 14.7 Å². The Bertz CT molecular complexity index is 1600. The summed E-state index contributed by atoms with van der Waals surface area (Å²) in [7, 11) is 0. The third-order valence-electron chi connectivity index (χ3n) is 7.57. The van der Waals surface area contributed by atoms with Gasteiger partial charge in [0.05, 0.1) is 16.7 Å². The van der Waals surface area contributed by atoms with E-state index >= 15 is 0 Å². The summed E-state index contributed by atoms with van der Waals surface area (Å²) >= 11 is 0. The zero-order valence-corrected chi connectivity index (χ0v) is 21.0. The Morgan fingerprint density at radius 2 is 1.37 bits per heavy atom. The highest BCUT2D eigenvalue weighted by atomic mass is 16.5. The second-order valence-electron chi connectivity index (χ2n) is 9.95. The molecule has 1 atom stereocenters. The monoisotopic (exact) mass is 501 g/mol. The summed E-state index contributed by atoms with van der Waals surface area (Å²) in [5, 5.41) is 25.1. The molecule has 1 fully saturated rings. The van der Waals surface area contributed by atoms with Crippen LogP contribution >= 0.6 is 0 Å². The number of hydrogen-bond donors (Lipinski definition) is 2. The number of aryl methyl sites for hydroxylation is 1. The predicted octanol–water partition coefficient (Wildman–Crippen LogP) is 7.18. The molecule has 2 N–H and O–H groups in total. The van der Waals surface area contributed by atoms with Crippen molar-refractivity contribution in [1.82, 2.24) is 5.16 Å². The molecular formula is C33H27NO4. The van der Waals surface area contributed by atoms with E-state index in [0.717, 1.165) is 38.9 Å². The van der Waals surface area contributed by atoms with Gasteiger partial charge in [0.1, 0.15) is 6.10 Å². The van der Waals surface area contributed by atoms with Crippen LogP contribution in [0, 0.1) is 6.92 Å². The van der Waals surface area contributed by atoms with E-state index in [-0.39, 0.29) is 0 Å². The molecule has 0 aliphatic heterocycles. The fourth-order valence-electron chi connectivity index (χ4n) is 5.14. The van der Waals surface area contributed by atoms with E-state index in [2.05, 4.69) is 5.16 Å². The normalized spacial score (nSPS) is 14.7. The van der Waals surface area contributed by atoms with Gasteiger partial charge in [-0.15, -0.1) is 0 Å². The smallest absolute Gasteiger partial charge is 0.314 e. The maximum Gasteiger partial charge on any atom is 0.314 e. The second kappa shape index (κ2) is 9.43. The molecule has 0 spiro atoms. The standard InChI is InChI=1S/C33H27NO4/c1-21-29(30(35)27-9-5-8-26(20-27)22-6-3-2-4-7-22)31(38-34-21)25-12-10-23(11-13-25)24-14-16-28(17-15-24)33(18-19-33)32(36)37/h2-17,20,30,35H,18-19H2,1H3,(H,36,37). The number of carbonyl (C=O) groups is 1. The first-order chi connectivity index (χ1) is 18.5. The summed E-state index contributed by atoms with van der Waals surface area (Å²) in [6.45, 7) is 1.84. The minimum atomic E-state index is -0.892. The summed E-state index contributed by atoms with van der Waals surface area (Å²) < 4.78 is 5.70. The number of nitrogens with zero attached hydrogens (tertiary/aromatic N) is 1. The van der Waals surface area contributed by atoms with Gasteiger partial charge in [-0.05, 0) is 59.2 Å². The average molecular weight is 502 g/mol. The molecule has 0 radical (unpaired) electrons. The summed E-state index contributed by atoms with van der Waals surface area (Å²) in [6, 6.07) is 33.7. The summed E-state index contributed by atoms with van der Waals surface area (Å²) in [4.78, 5) is 11.6. The molecule has 1 aliphatic rings. The van der Waals surface area contributed by atoms with Gasteiger partial charge in [-0.1, -0.05) is 102 Å². The molecule has 5 heteroatoms. The number of rotatable bonds is 7. The van der Waals surface area contributed by atoms with Crippen LogP contribution in [0.1, 0.15) is 41.3 Å². The molecule has 1 saturated carbocycles. The molecule has 0 bridgehead atoms. The number of carboxylic acids is 1. The average Bonchev–Trinajstić information content (AvgIpc) is 3.70. The molecule has 5 aromatic rings. The Kier molecular flexibility index (Phi) is 5.93. The topological polar surface area (TPSA) is 83.6 Å². The van der Waals surface area contributed by atoms with Crippen LogP contribution in [0.4, 0.5) is 0 Å². The first kappa shape index (κ1) is 23.9. The Hall–Kier alpha value is -4.48. The number of aliphatic hydroxyl groups is 1. The van der Waals surface area contributed by atoms with Crippen molar-refractivity contribution in [2.75, 3.05) is 0 Å². The van der Waals surface area contributed by atoms with Crippen LogP contribution in [0.15, 0.2) is 108 Å². The summed E-state index contributed by atoms with van der Waals surface area (Å²) in [5.74, 6) is -0.208. The summed E-state index contributed by atoms with van der Waals surface area (Å²) in [6.07, 6.45) is 0.492. The van der Waals surface area contributed by atoms with Gasteiger partial charge in [0.2, 0.25) is 0 Å². The number of aromatic nitrogens is 1.